The van der Waals surface area contributed by atoms with Gasteiger partial charge in [-0.15, -0.1) is 6.58 Å². The van der Waals surface area contributed by atoms with E-state index in [0.29, 0.717) is 6.54 Å². The van der Waals surface area contributed by atoms with Crippen LogP contribution in [0.4, 0.5) is 4.79 Å². The minimum atomic E-state index is -0.459. The van der Waals surface area contributed by atoms with Crippen molar-refractivity contribution in [2.75, 3.05) is 13.1 Å². The molecule has 1 heterocycles. The first-order valence-corrected chi connectivity index (χ1v) is 7.13. The van der Waals surface area contributed by atoms with Crippen molar-refractivity contribution in [2.45, 2.75) is 38.1 Å². The molecule has 0 aromatic carbocycles. The van der Waals surface area contributed by atoms with Gasteiger partial charge in [-0.3, -0.25) is 14.5 Å². The molecule has 1 aliphatic carbocycles. The molecule has 4 amide bonds. The van der Waals surface area contributed by atoms with E-state index in [-0.39, 0.29) is 24.3 Å². The first kappa shape index (κ1) is 14.6. The zero-order valence-electron chi connectivity index (χ0n) is 11.6. The summed E-state index contributed by atoms with van der Waals surface area (Å²) < 4.78 is 0. The van der Waals surface area contributed by atoms with Crippen LogP contribution in [0.2, 0.25) is 0 Å². The van der Waals surface area contributed by atoms with Gasteiger partial charge >= 0.3 is 6.03 Å². The fraction of sp³-hybridized carbons (Fsp3) is 0.643. The van der Waals surface area contributed by atoms with Crippen LogP contribution >= 0.6 is 0 Å². The highest BCUT2D eigenvalue weighted by Gasteiger charge is 2.43. The lowest BCUT2D eigenvalue weighted by Gasteiger charge is -2.25. The molecule has 1 atom stereocenters. The smallest absolute Gasteiger partial charge is 0.325 e. The fourth-order valence-corrected chi connectivity index (χ4v) is 2.86. The summed E-state index contributed by atoms with van der Waals surface area (Å²) >= 11 is 0. The maximum absolute atomic E-state index is 12.3. The van der Waals surface area contributed by atoms with E-state index >= 15 is 0 Å². The van der Waals surface area contributed by atoms with Gasteiger partial charge in [-0.2, -0.15) is 0 Å². The normalized spacial score (nSPS) is 23.6. The molecule has 20 heavy (non-hydrogen) atoms. The van der Waals surface area contributed by atoms with Gasteiger partial charge < -0.3 is 10.6 Å². The molecule has 0 bridgehead atoms. The van der Waals surface area contributed by atoms with Crippen molar-refractivity contribution in [3.05, 3.63) is 12.7 Å². The summed E-state index contributed by atoms with van der Waals surface area (Å²) in [5.74, 6) is -0.408. The van der Waals surface area contributed by atoms with Crippen LogP contribution in [0.5, 0.6) is 0 Å². The van der Waals surface area contributed by atoms with Crippen molar-refractivity contribution < 1.29 is 14.4 Å². The Morgan fingerprint density at radius 2 is 2.05 bits per heavy atom. The van der Waals surface area contributed by atoms with E-state index in [0.717, 1.165) is 30.6 Å². The third kappa shape index (κ3) is 3.18. The van der Waals surface area contributed by atoms with Crippen LogP contribution < -0.4 is 10.6 Å². The number of hydrogen-bond acceptors (Lipinski definition) is 3. The van der Waals surface area contributed by atoms with Gasteiger partial charge in [-0.05, 0) is 18.8 Å². The Morgan fingerprint density at radius 3 is 2.70 bits per heavy atom. The second kappa shape index (κ2) is 6.54. The molecule has 0 unspecified atom stereocenters. The van der Waals surface area contributed by atoms with Crippen LogP contribution in [-0.4, -0.2) is 41.9 Å². The first-order chi connectivity index (χ1) is 9.63. The Hall–Kier alpha value is -1.85. The van der Waals surface area contributed by atoms with Crippen molar-refractivity contribution in [3.63, 3.8) is 0 Å². The van der Waals surface area contributed by atoms with Crippen LogP contribution in [0.3, 0.4) is 0 Å². The van der Waals surface area contributed by atoms with Gasteiger partial charge in [0.05, 0.1) is 0 Å². The number of nitrogens with one attached hydrogen (secondary N) is 2. The van der Waals surface area contributed by atoms with Gasteiger partial charge in [0.25, 0.3) is 5.91 Å². The number of rotatable bonds is 5. The van der Waals surface area contributed by atoms with Crippen LogP contribution in [0.25, 0.3) is 0 Å². The minimum absolute atomic E-state index is 0.210. The summed E-state index contributed by atoms with van der Waals surface area (Å²) in [7, 11) is 0. The van der Waals surface area contributed by atoms with Gasteiger partial charge in [0.15, 0.2) is 0 Å². The highest BCUT2D eigenvalue weighted by Crippen LogP contribution is 2.29. The maximum Gasteiger partial charge on any atom is 0.325 e. The third-order valence-electron chi connectivity index (χ3n) is 3.92. The van der Waals surface area contributed by atoms with Gasteiger partial charge in [0, 0.05) is 6.54 Å². The zero-order chi connectivity index (χ0) is 14.5. The molecule has 0 radical (unpaired) electrons. The molecule has 6 heteroatoms. The second-order valence-corrected chi connectivity index (χ2v) is 5.34. The third-order valence-corrected chi connectivity index (χ3v) is 3.92. The Labute approximate surface area is 118 Å². The average Bonchev–Trinajstić information content (AvgIpc) is 2.74. The number of carbonyl (C=O) groups is 3. The lowest BCUT2D eigenvalue weighted by Crippen LogP contribution is -2.42. The van der Waals surface area contributed by atoms with E-state index in [4.69, 9.17) is 0 Å². The molecular formula is C14H21N3O3. The van der Waals surface area contributed by atoms with E-state index < -0.39 is 12.1 Å². The predicted molar refractivity (Wildman–Crippen MR) is 73.8 cm³/mol. The summed E-state index contributed by atoms with van der Waals surface area (Å²) in [6.45, 7) is 3.60. The highest BCUT2D eigenvalue weighted by atomic mass is 16.2. The lowest BCUT2D eigenvalue weighted by atomic mass is 9.84. The second-order valence-electron chi connectivity index (χ2n) is 5.34. The van der Waals surface area contributed by atoms with Gasteiger partial charge in [-0.1, -0.05) is 25.3 Å². The van der Waals surface area contributed by atoms with E-state index in [1.165, 1.54) is 6.42 Å². The molecule has 2 fully saturated rings. The molecule has 2 N–H and O–H groups in total. The molecule has 6 nitrogen and oxygen atoms in total. The molecule has 2 rings (SSSR count). The Kier molecular flexibility index (Phi) is 4.76. The Morgan fingerprint density at radius 1 is 1.35 bits per heavy atom. The van der Waals surface area contributed by atoms with Crippen molar-refractivity contribution >= 4 is 17.8 Å². The van der Waals surface area contributed by atoms with Crippen LogP contribution in [0.1, 0.15) is 32.1 Å². The minimum Gasteiger partial charge on any atom is -0.351 e. The van der Waals surface area contributed by atoms with Gasteiger partial charge in [-0.25, -0.2) is 4.79 Å². The lowest BCUT2D eigenvalue weighted by molar-refractivity contribution is -0.133. The van der Waals surface area contributed by atoms with E-state index in [1.54, 1.807) is 6.08 Å². The summed E-state index contributed by atoms with van der Waals surface area (Å²) in [4.78, 5) is 36.7. The van der Waals surface area contributed by atoms with Crippen LogP contribution in [0.15, 0.2) is 12.7 Å². The summed E-state index contributed by atoms with van der Waals surface area (Å²) in [6.07, 6.45) is 6.88. The number of hydrogen-bond donors (Lipinski definition) is 2. The van der Waals surface area contributed by atoms with Gasteiger partial charge in [0.2, 0.25) is 5.91 Å². The molecule has 2 aliphatic rings. The SMILES string of the molecule is C=CCNC(=O)CN1C(=O)N[C@@H](C2CCCCC2)C1=O. The number of carbonyl (C=O) groups excluding carboxylic acids is 3. The molecule has 0 spiro atoms. The van der Waals surface area contributed by atoms with E-state index in [1.807, 2.05) is 0 Å². The molecule has 110 valence electrons. The van der Waals surface area contributed by atoms with Gasteiger partial charge in [0.1, 0.15) is 12.6 Å². The summed E-state index contributed by atoms with van der Waals surface area (Å²) in [5.41, 5.74) is 0. The summed E-state index contributed by atoms with van der Waals surface area (Å²) in [6, 6.07) is -0.908. The van der Waals surface area contributed by atoms with Crippen molar-refractivity contribution in [3.8, 4) is 0 Å². The van der Waals surface area contributed by atoms with Crippen LogP contribution in [-0.2, 0) is 9.59 Å². The maximum atomic E-state index is 12.3. The number of amides is 4. The summed E-state index contributed by atoms with van der Waals surface area (Å²) in [5, 5.41) is 5.29. The predicted octanol–water partition coefficient (Wildman–Crippen LogP) is 0.789. The molecule has 0 aromatic heterocycles. The molecule has 0 aromatic rings. The van der Waals surface area contributed by atoms with E-state index in [2.05, 4.69) is 17.2 Å². The van der Waals surface area contributed by atoms with Crippen LogP contribution in [0, 0.1) is 5.92 Å². The topological polar surface area (TPSA) is 78.5 Å². The standard InChI is InChI=1S/C14H21N3O3/c1-2-8-15-11(18)9-17-13(19)12(16-14(17)20)10-6-4-3-5-7-10/h2,10,12H,1,3-9H2,(H,15,18)(H,16,20)/t12-/m0/s1. The molecule has 1 saturated heterocycles. The number of urea groups is 1. The number of imide groups is 1. The van der Waals surface area contributed by atoms with Crippen molar-refractivity contribution in [2.24, 2.45) is 5.92 Å². The Balaban J connectivity index is 1.94. The molecular weight excluding hydrogens is 258 g/mol. The van der Waals surface area contributed by atoms with Crippen molar-refractivity contribution in [1.29, 1.82) is 0 Å². The zero-order valence-corrected chi connectivity index (χ0v) is 11.6. The largest absolute Gasteiger partial charge is 0.351 e. The quantitative estimate of drug-likeness (QED) is 0.577. The first-order valence-electron chi connectivity index (χ1n) is 7.13. The molecule has 1 aliphatic heterocycles. The Bertz CT molecular complexity index is 416. The fourth-order valence-electron chi connectivity index (χ4n) is 2.86. The monoisotopic (exact) mass is 279 g/mol. The van der Waals surface area contributed by atoms with Crippen molar-refractivity contribution in [1.82, 2.24) is 15.5 Å². The van der Waals surface area contributed by atoms with E-state index in [9.17, 15) is 14.4 Å². The number of nitrogens with zero attached hydrogens (tertiary/aromatic N) is 1. The highest BCUT2D eigenvalue weighted by molar-refractivity contribution is 6.06. The average molecular weight is 279 g/mol. The molecule has 1 saturated carbocycles.